The molecule has 0 unspecified atom stereocenters. The molecule has 3 heteroatoms. The van der Waals surface area contributed by atoms with Crippen LogP contribution in [0.4, 0.5) is 0 Å². The number of benzene rings is 2. The summed E-state index contributed by atoms with van der Waals surface area (Å²) >= 11 is 2.36. The average Bonchev–Trinajstić information content (AvgIpc) is 2.86. The fraction of sp³-hybridized carbons (Fsp3) is 0.118. The first-order valence-corrected chi connectivity index (χ1v) is 8.01. The van der Waals surface area contributed by atoms with Gasteiger partial charge in [0.1, 0.15) is 0 Å². The number of para-hydroxylation sites is 1. The van der Waals surface area contributed by atoms with E-state index in [1.54, 1.807) is 0 Å². The lowest BCUT2D eigenvalue weighted by molar-refractivity contribution is 0.112. The Kier molecular flexibility index (Phi) is 3.87. The van der Waals surface area contributed by atoms with Crippen molar-refractivity contribution >= 4 is 39.8 Å². The molecule has 0 spiro atoms. The molecule has 0 aliphatic carbocycles. The molecule has 0 bridgehead atoms. The Bertz CT molecular complexity index is 743. The number of fused-ring (bicyclic) bond motifs is 1. The summed E-state index contributed by atoms with van der Waals surface area (Å²) < 4.78 is 3.16. The van der Waals surface area contributed by atoms with Crippen LogP contribution < -0.4 is 0 Å². The molecule has 3 rings (SSSR count). The molecule has 0 atom stereocenters. The van der Waals surface area contributed by atoms with Crippen LogP contribution in [0.3, 0.4) is 0 Å². The minimum atomic E-state index is 0.754. The van der Waals surface area contributed by atoms with Gasteiger partial charge in [0.15, 0.2) is 6.29 Å². The zero-order chi connectivity index (χ0) is 13.9. The van der Waals surface area contributed by atoms with E-state index in [4.69, 9.17) is 0 Å². The summed E-state index contributed by atoms with van der Waals surface area (Å²) in [5.41, 5.74) is 4.44. The van der Waals surface area contributed by atoms with Crippen LogP contribution in [0, 0.1) is 0 Å². The standard InChI is InChI=1S/C17H14INO/c18-9-13-5-7-14(8-6-13)10-19-11-15(12-20)16-3-1-2-4-17(16)19/h1-8,11-12H,9-10H2. The second kappa shape index (κ2) is 5.79. The van der Waals surface area contributed by atoms with E-state index in [-0.39, 0.29) is 0 Å². The number of rotatable bonds is 4. The van der Waals surface area contributed by atoms with Crippen molar-refractivity contribution in [2.45, 2.75) is 11.0 Å². The predicted octanol–water partition coefficient (Wildman–Crippen LogP) is 4.44. The largest absolute Gasteiger partial charge is 0.342 e. The first-order valence-electron chi connectivity index (χ1n) is 6.48. The SMILES string of the molecule is O=Cc1cn(Cc2ccc(CI)cc2)c2ccccc12. The molecule has 0 N–H and O–H groups in total. The minimum Gasteiger partial charge on any atom is -0.342 e. The van der Waals surface area contributed by atoms with E-state index in [0.717, 1.165) is 33.7 Å². The lowest BCUT2D eigenvalue weighted by atomic mass is 10.1. The third kappa shape index (κ3) is 2.50. The summed E-state index contributed by atoms with van der Waals surface area (Å²) in [7, 11) is 0. The van der Waals surface area contributed by atoms with Crippen LogP contribution in [-0.2, 0) is 11.0 Å². The second-order valence-corrected chi connectivity index (χ2v) is 5.56. The lowest BCUT2D eigenvalue weighted by Gasteiger charge is -2.06. The highest BCUT2D eigenvalue weighted by Crippen LogP contribution is 2.21. The summed E-state index contributed by atoms with van der Waals surface area (Å²) in [4.78, 5) is 11.2. The number of aromatic nitrogens is 1. The molecule has 20 heavy (non-hydrogen) atoms. The maximum Gasteiger partial charge on any atom is 0.152 e. The molecule has 1 heterocycles. The zero-order valence-corrected chi connectivity index (χ0v) is 13.1. The number of alkyl halides is 1. The molecule has 0 aliphatic heterocycles. The number of hydrogen-bond acceptors (Lipinski definition) is 1. The smallest absolute Gasteiger partial charge is 0.152 e. The van der Waals surface area contributed by atoms with Crippen molar-refractivity contribution in [1.29, 1.82) is 0 Å². The van der Waals surface area contributed by atoms with Crippen LogP contribution in [0.1, 0.15) is 21.5 Å². The number of carbonyl (C=O) groups excluding carboxylic acids is 1. The molecule has 0 saturated heterocycles. The van der Waals surface area contributed by atoms with Crippen LogP contribution in [-0.4, -0.2) is 10.9 Å². The zero-order valence-electron chi connectivity index (χ0n) is 10.9. The van der Waals surface area contributed by atoms with Gasteiger partial charge in [-0.1, -0.05) is 65.1 Å². The van der Waals surface area contributed by atoms with E-state index in [0.29, 0.717) is 0 Å². The Labute approximate surface area is 131 Å². The van der Waals surface area contributed by atoms with Crippen LogP contribution >= 0.6 is 22.6 Å². The predicted molar refractivity (Wildman–Crippen MR) is 90.6 cm³/mol. The fourth-order valence-electron chi connectivity index (χ4n) is 2.43. The van der Waals surface area contributed by atoms with Gasteiger partial charge in [-0.25, -0.2) is 0 Å². The number of aldehydes is 1. The van der Waals surface area contributed by atoms with Gasteiger partial charge in [0.2, 0.25) is 0 Å². The highest BCUT2D eigenvalue weighted by molar-refractivity contribution is 14.1. The van der Waals surface area contributed by atoms with Gasteiger partial charge < -0.3 is 4.57 Å². The number of carbonyl (C=O) groups is 1. The number of nitrogens with zero attached hydrogens (tertiary/aromatic N) is 1. The van der Waals surface area contributed by atoms with Gasteiger partial charge in [-0.05, 0) is 17.2 Å². The van der Waals surface area contributed by atoms with Crippen molar-refractivity contribution in [2.24, 2.45) is 0 Å². The van der Waals surface area contributed by atoms with Gasteiger partial charge in [0.05, 0.1) is 0 Å². The minimum absolute atomic E-state index is 0.754. The molecule has 0 fully saturated rings. The Morgan fingerprint density at radius 2 is 1.70 bits per heavy atom. The maximum absolute atomic E-state index is 11.2. The van der Waals surface area contributed by atoms with Gasteiger partial charge in [-0.15, -0.1) is 0 Å². The summed E-state index contributed by atoms with van der Waals surface area (Å²) in [5.74, 6) is 0. The van der Waals surface area contributed by atoms with E-state index in [1.807, 2.05) is 24.4 Å². The Hall–Kier alpha value is -1.62. The number of halogens is 1. The fourth-order valence-corrected chi connectivity index (χ4v) is 2.94. The molecule has 2 nitrogen and oxygen atoms in total. The molecule has 3 aromatic rings. The summed E-state index contributed by atoms with van der Waals surface area (Å²) in [6, 6.07) is 16.7. The maximum atomic E-state index is 11.2. The molecule has 0 amide bonds. The molecule has 1 aromatic heterocycles. The van der Waals surface area contributed by atoms with Crippen molar-refractivity contribution < 1.29 is 4.79 Å². The Balaban J connectivity index is 1.99. The lowest BCUT2D eigenvalue weighted by Crippen LogP contribution is -1.97. The van der Waals surface area contributed by atoms with Gasteiger partial charge in [0.25, 0.3) is 0 Å². The highest BCUT2D eigenvalue weighted by atomic mass is 127. The van der Waals surface area contributed by atoms with Crippen molar-refractivity contribution in [2.75, 3.05) is 0 Å². The molecular formula is C17H14INO. The normalized spacial score (nSPS) is 10.8. The average molecular weight is 375 g/mol. The molecule has 2 aromatic carbocycles. The van der Waals surface area contributed by atoms with Gasteiger partial charge >= 0.3 is 0 Å². The quantitative estimate of drug-likeness (QED) is 0.376. The van der Waals surface area contributed by atoms with E-state index in [1.165, 1.54) is 11.1 Å². The van der Waals surface area contributed by atoms with E-state index in [2.05, 4.69) is 57.5 Å². The summed E-state index contributed by atoms with van der Waals surface area (Å²) in [6.07, 6.45) is 2.86. The van der Waals surface area contributed by atoms with Crippen molar-refractivity contribution in [3.63, 3.8) is 0 Å². The van der Waals surface area contributed by atoms with E-state index >= 15 is 0 Å². The van der Waals surface area contributed by atoms with E-state index < -0.39 is 0 Å². The third-order valence-electron chi connectivity index (χ3n) is 3.48. The van der Waals surface area contributed by atoms with Gasteiger partial charge in [-0.2, -0.15) is 0 Å². The summed E-state index contributed by atoms with van der Waals surface area (Å²) in [6.45, 7) is 0.788. The van der Waals surface area contributed by atoms with Crippen molar-refractivity contribution in [3.8, 4) is 0 Å². The van der Waals surface area contributed by atoms with Crippen molar-refractivity contribution in [1.82, 2.24) is 4.57 Å². The Morgan fingerprint density at radius 3 is 2.40 bits per heavy atom. The number of hydrogen-bond donors (Lipinski definition) is 0. The molecule has 0 saturated carbocycles. The second-order valence-electron chi connectivity index (χ2n) is 4.80. The van der Waals surface area contributed by atoms with Gasteiger partial charge in [-0.3, -0.25) is 4.79 Å². The molecular weight excluding hydrogens is 361 g/mol. The topological polar surface area (TPSA) is 22.0 Å². The van der Waals surface area contributed by atoms with Crippen LogP contribution in [0.25, 0.3) is 10.9 Å². The monoisotopic (exact) mass is 375 g/mol. The van der Waals surface area contributed by atoms with Crippen LogP contribution in [0.2, 0.25) is 0 Å². The van der Waals surface area contributed by atoms with Crippen molar-refractivity contribution in [3.05, 3.63) is 71.4 Å². The first kappa shape index (κ1) is 13.4. The third-order valence-corrected chi connectivity index (χ3v) is 4.36. The molecule has 0 aliphatic rings. The van der Waals surface area contributed by atoms with Crippen LogP contribution in [0.15, 0.2) is 54.7 Å². The van der Waals surface area contributed by atoms with E-state index in [9.17, 15) is 4.79 Å². The highest BCUT2D eigenvalue weighted by Gasteiger charge is 2.07. The van der Waals surface area contributed by atoms with Gasteiger partial charge in [0, 0.05) is 33.6 Å². The molecule has 100 valence electrons. The summed E-state index contributed by atoms with van der Waals surface area (Å²) in [5, 5.41) is 1.02. The Morgan fingerprint density at radius 1 is 1.00 bits per heavy atom. The molecule has 0 radical (unpaired) electrons. The van der Waals surface area contributed by atoms with Crippen LogP contribution in [0.5, 0.6) is 0 Å². The first-order chi connectivity index (χ1) is 9.81.